The van der Waals surface area contributed by atoms with Crippen molar-refractivity contribution in [1.82, 2.24) is 9.88 Å². The van der Waals surface area contributed by atoms with Crippen molar-refractivity contribution in [1.29, 1.82) is 0 Å². The largest absolute Gasteiger partial charge is 0.387 e. The van der Waals surface area contributed by atoms with E-state index in [1.165, 1.54) is 38.5 Å². The van der Waals surface area contributed by atoms with Crippen LogP contribution in [-0.4, -0.2) is 34.6 Å². The van der Waals surface area contributed by atoms with Crippen LogP contribution < -0.4 is 0 Å². The molecule has 3 rings (SSSR count). The lowest BCUT2D eigenvalue weighted by Gasteiger charge is -2.26. The molecule has 2 aromatic carbocycles. The number of rotatable bonds is 12. The number of benzene rings is 2. The van der Waals surface area contributed by atoms with Gasteiger partial charge in [0, 0.05) is 22.5 Å². The average molecular weight is 439 g/mol. The first-order valence-electron chi connectivity index (χ1n) is 11.7. The molecule has 0 bridgehead atoms. The Bertz CT molecular complexity index is 935. The van der Waals surface area contributed by atoms with Gasteiger partial charge in [-0.3, -0.25) is 0 Å². The maximum atomic E-state index is 11.3. The first kappa shape index (κ1) is 23.7. The van der Waals surface area contributed by atoms with Crippen molar-refractivity contribution >= 4 is 22.5 Å². The highest BCUT2D eigenvalue weighted by molar-refractivity contribution is 6.31. The van der Waals surface area contributed by atoms with E-state index in [1.807, 2.05) is 42.5 Å². The highest BCUT2D eigenvalue weighted by atomic mass is 35.5. The molecule has 0 aliphatic rings. The van der Waals surface area contributed by atoms with Gasteiger partial charge in [-0.25, -0.2) is 4.98 Å². The maximum Gasteiger partial charge on any atom is 0.0924 e. The van der Waals surface area contributed by atoms with Gasteiger partial charge >= 0.3 is 0 Å². The second-order valence-electron chi connectivity index (χ2n) is 8.35. The fourth-order valence-corrected chi connectivity index (χ4v) is 4.24. The minimum absolute atomic E-state index is 0.572. The number of nitrogens with zero attached hydrogens (tertiary/aromatic N) is 2. The van der Waals surface area contributed by atoms with Gasteiger partial charge in [-0.1, -0.05) is 87.5 Å². The number of hydrogen-bond acceptors (Lipinski definition) is 3. The van der Waals surface area contributed by atoms with Gasteiger partial charge in [-0.15, -0.1) is 0 Å². The highest BCUT2D eigenvalue weighted by Gasteiger charge is 2.18. The molecule has 3 aromatic rings. The van der Waals surface area contributed by atoms with E-state index in [-0.39, 0.29) is 0 Å². The van der Waals surface area contributed by atoms with Crippen LogP contribution in [0.2, 0.25) is 5.02 Å². The van der Waals surface area contributed by atoms with Crippen LogP contribution >= 0.6 is 11.6 Å². The van der Waals surface area contributed by atoms with Crippen molar-refractivity contribution in [2.45, 2.75) is 58.5 Å². The van der Waals surface area contributed by atoms with Gasteiger partial charge < -0.3 is 10.0 Å². The number of unbranched alkanes of at least 4 members (excludes halogenated alkanes) is 4. The quantitative estimate of drug-likeness (QED) is 0.302. The molecule has 0 radical (unpaired) electrons. The van der Waals surface area contributed by atoms with Crippen molar-refractivity contribution in [2.75, 3.05) is 19.6 Å². The summed E-state index contributed by atoms with van der Waals surface area (Å²) in [5, 5.41) is 13.0. The maximum absolute atomic E-state index is 11.3. The Kier molecular flexibility index (Phi) is 9.32. The van der Waals surface area contributed by atoms with Crippen LogP contribution in [0.3, 0.4) is 0 Å². The fraction of sp³-hybridized carbons (Fsp3) is 0.444. The summed E-state index contributed by atoms with van der Waals surface area (Å²) >= 11 is 6.26. The topological polar surface area (TPSA) is 36.4 Å². The minimum atomic E-state index is -0.572. The third kappa shape index (κ3) is 6.77. The molecule has 0 unspecified atom stereocenters. The number of aliphatic hydroxyl groups is 1. The van der Waals surface area contributed by atoms with Crippen molar-refractivity contribution < 1.29 is 5.11 Å². The van der Waals surface area contributed by atoms with Gasteiger partial charge in [-0.2, -0.15) is 0 Å². The van der Waals surface area contributed by atoms with E-state index < -0.39 is 6.10 Å². The van der Waals surface area contributed by atoms with Gasteiger partial charge in [0.2, 0.25) is 0 Å². The number of aliphatic hydroxyl groups excluding tert-OH is 1. The number of aromatic nitrogens is 1. The van der Waals surface area contributed by atoms with Gasteiger partial charge in [-0.05, 0) is 49.7 Å². The minimum Gasteiger partial charge on any atom is -0.387 e. The molecule has 4 heteroatoms. The summed E-state index contributed by atoms with van der Waals surface area (Å²) in [4.78, 5) is 7.27. The molecule has 1 N–H and O–H groups in total. The molecule has 0 amide bonds. The Morgan fingerprint density at radius 1 is 0.903 bits per heavy atom. The molecule has 1 heterocycles. The van der Waals surface area contributed by atoms with Crippen molar-refractivity contribution in [3.05, 3.63) is 65.2 Å². The van der Waals surface area contributed by atoms with Crippen molar-refractivity contribution in [2.24, 2.45) is 0 Å². The molecule has 0 fully saturated rings. The van der Waals surface area contributed by atoms with E-state index in [4.69, 9.17) is 16.6 Å². The molecular weight excluding hydrogens is 404 g/mol. The zero-order valence-electron chi connectivity index (χ0n) is 18.9. The molecular formula is C27H35ClN2O. The van der Waals surface area contributed by atoms with Crippen molar-refractivity contribution in [3.63, 3.8) is 0 Å². The molecule has 1 atom stereocenters. The molecule has 0 spiro atoms. The van der Waals surface area contributed by atoms with Gasteiger partial charge in [0.15, 0.2) is 0 Å². The Morgan fingerprint density at radius 2 is 1.58 bits per heavy atom. The number of pyridine rings is 1. The van der Waals surface area contributed by atoms with Gasteiger partial charge in [0.05, 0.1) is 17.3 Å². The van der Waals surface area contributed by atoms with Crippen LogP contribution in [-0.2, 0) is 0 Å². The smallest absolute Gasteiger partial charge is 0.0924 e. The molecule has 0 aliphatic heterocycles. The van der Waals surface area contributed by atoms with Crippen LogP contribution in [0.15, 0.2) is 54.6 Å². The monoisotopic (exact) mass is 438 g/mol. The van der Waals surface area contributed by atoms with E-state index in [1.54, 1.807) is 0 Å². The van der Waals surface area contributed by atoms with E-state index >= 15 is 0 Å². The van der Waals surface area contributed by atoms with Crippen LogP contribution in [0.4, 0.5) is 0 Å². The SMILES string of the molecule is CCCCCN(CCCCC)C[C@@H](O)c1cc(-c2ccccc2)nc2cc(Cl)ccc12. The molecule has 1 aromatic heterocycles. The first-order valence-corrected chi connectivity index (χ1v) is 12.1. The summed E-state index contributed by atoms with van der Waals surface area (Å²) in [6, 6.07) is 17.9. The Balaban J connectivity index is 1.90. The summed E-state index contributed by atoms with van der Waals surface area (Å²) in [6.07, 6.45) is 6.67. The zero-order chi connectivity index (χ0) is 22.1. The first-order chi connectivity index (χ1) is 15.1. The van der Waals surface area contributed by atoms with Gasteiger partial charge in [0.25, 0.3) is 0 Å². The molecule has 3 nitrogen and oxygen atoms in total. The van der Waals surface area contributed by atoms with E-state index in [0.717, 1.165) is 40.8 Å². The van der Waals surface area contributed by atoms with E-state index in [0.29, 0.717) is 11.6 Å². The predicted octanol–water partition coefficient (Wildman–Crippen LogP) is 7.27. The lowest BCUT2D eigenvalue weighted by Crippen LogP contribution is -2.31. The van der Waals surface area contributed by atoms with Crippen LogP contribution in [0.1, 0.15) is 64.0 Å². The third-order valence-corrected chi connectivity index (χ3v) is 6.05. The fourth-order valence-electron chi connectivity index (χ4n) is 4.07. The Morgan fingerprint density at radius 3 is 2.23 bits per heavy atom. The zero-order valence-corrected chi connectivity index (χ0v) is 19.6. The normalized spacial score (nSPS) is 12.5. The Hall–Kier alpha value is -1.94. The second kappa shape index (κ2) is 12.2. The number of fused-ring (bicyclic) bond motifs is 1. The second-order valence-corrected chi connectivity index (χ2v) is 8.79. The lowest BCUT2D eigenvalue weighted by molar-refractivity contribution is 0.111. The highest BCUT2D eigenvalue weighted by Crippen LogP contribution is 2.31. The summed E-state index contributed by atoms with van der Waals surface area (Å²) in [5.74, 6) is 0. The average Bonchev–Trinajstić information content (AvgIpc) is 2.78. The van der Waals surface area contributed by atoms with Gasteiger partial charge in [0.1, 0.15) is 0 Å². The van der Waals surface area contributed by atoms with Crippen LogP contribution in [0.25, 0.3) is 22.2 Å². The molecule has 0 saturated heterocycles. The van der Waals surface area contributed by atoms with Crippen LogP contribution in [0, 0.1) is 0 Å². The van der Waals surface area contributed by atoms with E-state index in [9.17, 15) is 5.11 Å². The molecule has 0 aliphatic carbocycles. The lowest BCUT2D eigenvalue weighted by atomic mass is 9.99. The molecule has 31 heavy (non-hydrogen) atoms. The standard InChI is InChI=1S/C27H35ClN2O/c1-3-5-10-16-30(17-11-6-4-2)20-27(31)24-19-25(21-12-8-7-9-13-21)29-26-18-22(28)14-15-23(24)26/h7-9,12-15,18-19,27,31H,3-6,10-11,16-17,20H2,1-2H3/t27-/m1/s1. The summed E-state index contributed by atoms with van der Waals surface area (Å²) in [7, 11) is 0. The summed E-state index contributed by atoms with van der Waals surface area (Å²) in [6.45, 7) is 7.18. The molecule has 166 valence electrons. The number of hydrogen-bond donors (Lipinski definition) is 1. The summed E-state index contributed by atoms with van der Waals surface area (Å²) < 4.78 is 0. The van der Waals surface area contributed by atoms with Crippen LogP contribution in [0.5, 0.6) is 0 Å². The predicted molar refractivity (Wildman–Crippen MR) is 133 cm³/mol. The van der Waals surface area contributed by atoms with E-state index in [2.05, 4.69) is 30.9 Å². The Labute approximate surface area is 192 Å². The third-order valence-electron chi connectivity index (χ3n) is 5.82. The summed E-state index contributed by atoms with van der Waals surface area (Å²) in [5.41, 5.74) is 3.66. The number of halogens is 1. The molecule has 0 saturated carbocycles. The van der Waals surface area contributed by atoms with Crippen molar-refractivity contribution in [3.8, 4) is 11.3 Å².